The smallest absolute Gasteiger partial charge is 0.320 e. The average molecular weight is 217 g/mol. The van der Waals surface area contributed by atoms with Gasteiger partial charge in [-0.05, 0) is 19.9 Å². The van der Waals surface area contributed by atoms with Crippen molar-refractivity contribution in [3.63, 3.8) is 0 Å². The lowest BCUT2D eigenvalue weighted by Gasteiger charge is -2.10. The van der Waals surface area contributed by atoms with E-state index in [0.29, 0.717) is 13.0 Å². The topological polar surface area (TPSA) is 58.6 Å². The molecule has 90 valence electrons. The first kappa shape index (κ1) is 14.4. The number of carboxylic acids is 1. The summed E-state index contributed by atoms with van der Waals surface area (Å²) < 4.78 is 5.36. The van der Waals surface area contributed by atoms with Crippen LogP contribution in [0, 0.1) is 0 Å². The Bertz CT molecular complexity index is 162. The highest BCUT2D eigenvalue weighted by molar-refractivity contribution is 5.73. The molecule has 0 radical (unpaired) electrons. The summed E-state index contributed by atoms with van der Waals surface area (Å²) in [6.07, 6.45) is 5.27. The van der Waals surface area contributed by atoms with E-state index >= 15 is 0 Å². The van der Waals surface area contributed by atoms with Crippen LogP contribution in [0.3, 0.4) is 0 Å². The van der Waals surface area contributed by atoms with Crippen molar-refractivity contribution in [3.8, 4) is 0 Å². The Balaban J connectivity index is 3.25. The zero-order valence-corrected chi connectivity index (χ0v) is 9.79. The van der Waals surface area contributed by atoms with Crippen LogP contribution in [0.4, 0.5) is 0 Å². The van der Waals surface area contributed by atoms with Gasteiger partial charge in [0, 0.05) is 13.2 Å². The Labute approximate surface area is 92.0 Å². The quantitative estimate of drug-likeness (QED) is 0.546. The number of rotatable bonds is 10. The van der Waals surface area contributed by atoms with Crippen molar-refractivity contribution >= 4 is 5.97 Å². The SMILES string of the molecule is CCCCCCOCCC(NC)C(=O)O. The van der Waals surface area contributed by atoms with Gasteiger partial charge >= 0.3 is 5.97 Å². The van der Waals surface area contributed by atoms with E-state index in [4.69, 9.17) is 9.84 Å². The van der Waals surface area contributed by atoms with Crippen LogP contribution in [-0.2, 0) is 9.53 Å². The lowest BCUT2D eigenvalue weighted by molar-refractivity contribution is -0.139. The largest absolute Gasteiger partial charge is 0.480 e. The van der Waals surface area contributed by atoms with Crippen molar-refractivity contribution in [3.05, 3.63) is 0 Å². The van der Waals surface area contributed by atoms with Gasteiger partial charge in [0.05, 0.1) is 0 Å². The second-order valence-corrected chi connectivity index (χ2v) is 3.64. The maximum atomic E-state index is 10.6. The summed E-state index contributed by atoms with van der Waals surface area (Å²) in [6, 6.07) is -0.486. The van der Waals surface area contributed by atoms with E-state index in [1.54, 1.807) is 7.05 Å². The normalized spacial score (nSPS) is 12.7. The number of aliphatic carboxylic acids is 1. The number of likely N-dealkylation sites (N-methyl/N-ethyl adjacent to an activating group) is 1. The van der Waals surface area contributed by atoms with Crippen LogP contribution in [0.15, 0.2) is 0 Å². The molecule has 4 nitrogen and oxygen atoms in total. The third kappa shape index (κ3) is 8.39. The summed E-state index contributed by atoms with van der Waals surface area (Å²) in [7, 11) is 1.65. The molecule has 0 saturated carbocycles. The first-order valence-electron chi connectivity index (χ1n) is 5.70. The summed E-state index contributed by atoms with van der Waals surface area (Å²) in [6.45, 7) is 3.44. The number of nitrogens with one attached hydrogen (secondary N) is 1. The van der Waals surface area contributed by atoms with Crippen LogP contribution >= 0.6 is 0 Å². The molecule has 2 N–H and O–H groups in total. The predicted octanol–water partition coefficient (Wildman–Crippen LogP) is 1.65. The van der Waals surface area contributed by atoms with Crippen LogP contribution < -0.4 is 5.32 Å². The molecular weight excluding hydrogens is 194 g/mol. The minimum Gasteiger partial charge on any atom is -0.480 e. The number of hydrogen-bond donors (Lipinski definition) is 2. The molecule has 1 unspecified atom stereocenters. The molecule has 0 heterocycles. The molecule has 0 bridgehead atoms. The van der Waals surface area contributed by atoms with Gasteiger partial charge in [0.15, 0.2) is 0 Å². The molecular formula is C11H23NO3. The molecule has 0 rings (SSSR count). The van der Waals surface area contributed by atoms with E-state index in [1.165, 1.54) is 19.3 Å². The first-order chi connectivity index (χ1) is 7.22. The molecule has 0 saturated heterocycles. The summed E-state index contributed by atoms with van der Waals surface area (Å²) in [5.74, 6) is -0.813. The van der Waals surface area contributed by atoms with E-state index < -0.39 is 12.0 Å². The Kier molecular flexibility index (Phi) is 9.52. The van der Waals surface area contributed by atoms with Gasteiger partial charge in [0.2, 0.25) is 0 Å². The number of ether oxygens (including phenoxy) is 1. The van der Waals surface area contributed by atoms with Gasteiger partial charge in [-0.15, -0.1) is 0 Å². The Morgan fingerprint density at radius 3 is 2.60 bits per heavy atom. The fourth-order valence-electron chi connectivity index (χ4n) is 1.33. The molecule has 0 aliphatic heterocycles. The molecule has 0 aromatic carbocycles. The van der Waals surface area contributed by atoms with Crippen LogP contribution in [-0.4, -0.2) is 37.4 Å². The summed E-state index contributed by atoms with van der Waals surface area (Å²) in [5, 5.41) is 11.5. The summed E-state index contributed by atoms with van der Waals surface area (Å²) >= 11 is 0. The second-order valence-electron chi connectivity index (χ2n) is 3.64. The minimum absolute atomic E-state index is 0.486. The highest BCUT2D eigenvalue weighted by Gasteiger charge is 2.13. The molecule has 1 atom stereocenters. The average Bonchev–Trinajstić information content (AvgIpc) is 2.21. The molecule has 0 amide bonds. The number of carbonyl (C=O) groups is 1. The van der Waals surface area contributed by atoms with E-state index in [0.717, 1.165) is 13.0 Å². The summed E-state index contributed by atoms with van der Waals surface area (Å²) in [4.78, 5) is 10.6. The van der Waals surface area contributed by atoms with Crippen molar-refractivity contribution in [2.75, 3.05) is 20.3 Å². The fraction of sp³-hybridized carbons (Fsp3) is 0.909. The molecule has 0 fully saturated rings. The van der Waals surface area contributed by atoms with Crippen LogP contribution in [0.2, 0.25) is 0 Å². The van der Waals surface area contributed by atoms with Crippen molar-refractivity contribution in [1.29, 1.82) is 0 Å². The Morgan fingerprint density at radius 1 is 1.33 bits per heavy atom. The third-order valence-electron chi connectivity index (χ3n) is 2.34. The zero-order valence-electron chi connectivity index (χ0n) is 9.79. The lowest BCUT2D eigenvalue weighted by atomic mass is 10.2. The zero-order chi connectivity index (χ0) is 11.5. The molecule has 0 spiro atoms. The van der Waals surface area contributed by atoms with Gasteiger partial charge in [-0.25, -0.2) is 0 Å². The predicted molar refractivity (Wildman–Crippen MR) is 60.1 cm³/mol. The highest BCUT2D eigenvalue weighted by Crippen LogP contribution is 2.00. The van der Waals surface area contributed by atoms with E-state index in [9.17, 15) is 4.79 Å². The van der Waals surface area contributed by atoms with Gasteiger partial charge in [-0.2, -0.15) is 0 Å². The second kappa shape index (κ2) is 9.93. The molecule has 0 aromatic heterocycles. The first-order valence-corrected chi connectivity index (χ1v) is 5.70. The van der Waals surface area contributed by atoms with Gasteiger partial charge < -0.3 is 15.2 Å². The molecule has 4 heteroatoms. The number of hydrogen-bond acceptors (Lipinski definition) is 3. The van der Waals surface area contributed by atoms with Crippen molar-refractivity contribution in [2.45, 2.75) is 45.1 Å². The van der Waals surface area contributed by atoms with Crippen molar-refractivity contribution < 1.29 is 14.6 Å². The Morgan fingerprint density at radius 2 is 2.07 bits per heavy atom. The molecule has 15 heavy (non-hydrogen) atoms. The summed E-state index contributed by atoms with van der Waals surface area (Å²) in [5.41, 5.74) is 0. The maximum Gasteiger partial charge on any atom is 0.320 e. The van der Waals surface area contributed by atoms with E-state index in [-0.39, 0.29) is 0 Å². The molecule has 0 aromatic rings. The lowest BCUT2D eigenvalue weighted by Crippen LogP contribution is -2.34. The molecule has 0 aliphatic carbocycles. The highest BCUT2D eigenvalue weighted by atomic mass is 16.5. The number of unbranched alkanes of at least 4 members (excludes halogenated alkanes) is 3. The van der Waals surface area contributed by atoms with Crippen LogP contribution in [0.25, 0.3) is 0 Å². The van der Waals surface area contributed by atoms with Gasteiger partial charge in [0.1, 0.15) is 6.04 Å². The molecule has 0 aliphatic rings. The minimum atomic E-state index is -0.813. The standard InChI is InChI=1S/C11H23NO3/c1-3-4-5-6-8-15-9-7-10(12-2)11(13)14/h10,12H,3-9H2,1-2H3,(H,13,14). The van der Waals surface area contributed by atoms with Crippen LogP contribution in [0.5, 0.6) is 0 Å². The van der Waals surface area contributed by atoms with Gasteiger partial charge in [0.25, 0.3) is 0 Å². The van der Waals surface area contributed by atoms with Gasteiger partial charge in [-0.1, -0.05) is 26.2 Å². The monoisotopic (exact) mass is 217 g/mol. The Hall–Kier alpha value is -0.610. The van der Waals surface area contributed by atoms with E-state index in [1.807, 2.05) is 0 Å². The third-order valence-corrected chi connectivity index (χ3v) is 2.34. The van der Waals surface area contributed by atoms with Crippen molar-refractivity contribution in [2.24, 2.45) is 0 Å². The van der Waals surface area contributed by atoms with E-state index in [2.05, 4.69) is 12.2 Å². The van der Waals surface area contributed by atoms with Gasteiger partial charge in [-0.3, -0.25) is 4.79 Å². The fourth-order valence-corrected chi connectivity index (χ4v) is 1.33. The van der Waals surface area contributed by atoms with Crippen molar-refractivity contribution in [1.82, 2.24) is 5.32 Å². The number of carboxylic acid groups (broad SMARTS) is 1. The van der Waals surface area contributed by atoms with Crippen LogP contribution in [0.1, 0.15) is 39.0 Å². The maximum absolute atomic E-state index is 10.6.